The number of carbonyl (C=O) groups excluding carboxylic acids is 1. The van der Waals surface area contributed by atoms with Gasteiger partial charge in [0.05, 0.1) is 17.9 Å². The third-order valence-corrected chi connectivity index (χ3v) is 5.83. The Labute approximate surface area is 158 Å². The van der Waals surface area contributed by atoms with E-state index in [-0.39, 0.29) is 11.8 Å². The second-order valence-electron chi connectivity index (χ2n) is 6.55. The Morgan fingerprint density at radius 2 is 2.04 bits per heavy atom. The van der Waals surface area contributed by atoms with Gasteiger partial charge in [0.25, 0.3) is 5.91 Å². The molecule has 0 aliphatic heterocycles. The lowest BCUT2D eigenvalue weighted by Gasteiger charge is -2.17. The molecule has 1 aliphatic rings. The number of para-hydroxylation sites is 1. The molecule has 0 bridgehead atoms. The molecule has 2 aromatic rings. The van der Waals surface area contributed by atoms with Crippen molar-refractivity contribution >= 4 is 27.5 Å². The van der Waals surface area contributed by atoms with Crippen molar-refractivity contribution < 1.29 is 14.3 Å². The molecule has 142 valence electrons. The molecule has 5 nitrogen and oxygen atoms in total. The molecule has 0 saturated heterocycles. The molecular formula is C20H28N2O3S. The van der Waals surface area contributed by atoms with Crippen LogP contribution < -0.4 is 9.54 Å². The average molecular weight is 377 g/mol. The summed E-state index contributed by atoms with van der Waals surface area (Å²) >= 11 is 1.55. The highest BCUT2D eigenvalue weighted by Gasteiger charge is 2.21. The predicted molar refractivity (Wildman–Crippen MR) is 105 cm³/mol. The summed E-state index contributed by atoms with van der Waals surface area (Å²) in [6.07, 6.45) is 5.44. The third-order valence-electron chi connectivity index (χ3n) is 4.79. The first-order valence-electron chi connectivity index (χ1n) is 9.66. The Morgan fingerprint density at radius 1 is 1.23 bits per heavy atom. The molecule has 0 radical (unpaired) electrons. The maximum atomic E-state index is 12.7. The Balaban J connectivity index is 2.02. The van der Waals surface area contributed by atoms with Crippen LogP contribution in [0, 0.1) is 5.92 Å². The molecule has 0 atom stereocenters. The van der Waals surface area contributed by atoms with Crippen molar-refractivity contribution in [2.45, 2.75) is 52.5 Å². The van der Waals surface area contributed by atoms with E-state index in [0.717, 1.165) is 46.5 Å². The number of carbonyl (C=O) groups is 1. The Bertz CT molecular complexity index is 803. The minimum atomic E-state index is 0.0272. The number of amides is 1. The summed E-state index contributed by atoms with van der Waals surface area (Å²) in [5, 5.41) is 0. The number of hydrogen-bond acceptors (Lipinski definition) is 4. The van der Waals surface area contributed by atoms with Crippen LogP contribution in [0.2, 0.25) is 0 Å². The number of thiazole rings is 1. The lowest BCUT2D eigenvalue weighted by atomic mass is 9.89. The van der Waals surface area contributed by atoms with E-state index in [1.807, 2.05) is 26.0 Å². The van der Waals surface area contributed by atoms with Crippen LogP contribution in [0.3, 0.4) is 0 Å². The van der Waals surface area contributed by atoms with Crippen LogP contribution in [0.15, 0.2) is 23.2 Å². The van der Waals surface area contributed by atoms with Crippen LogP contribution in [0.5, 0.6) is 5.75 Å². The number of benzene rings is 1. The summed E-state index contributed by atoms with van der Waals surface area (Å²) in [5.74, 6) is 0.948. The van der Waals surface area contributed by atoms with E-state index in [2.05, 4.69) is 15.6 Å². The van der Waals surface area contributed by atoms with Crippen molar-refractivity contribution in [2.24, 2.45) is 10.9 Å². The summed E-state index contributed by atoms with van der Waals surface area (Å²) in [5.41, 5.74) is 1.01. The molecule has 26 heavy (non-hydrogen) atoms. The van der Waals surface area contributed by atoms with E-state index in [1.165, 1.54) is 6.42 Å². The molecule has 6 heteroatoms. The van der Waals surface area contributed by atoms with Gasteiger partial charge in [0.1, 0.15) is 11.3 Å². The SMILES string of the molecule is CCOCCn1c(=NC(=O)C2CCCCC2)sc2cccc(OCC)c21. The van der Waals surface area contributed by atoms with E-state index < -0.39 is 0 Å². The Kier molecular flexibility index (Phi) is 6.86. The van der Waals surface area contributed by atoms with Gasteiger partial charge in [0.15, 0.2) is 4.80 Å². The van der Waals surface area contributed by atoms with Crippen LogP contribution >= 0.6 is 11.3 Å². The predicted octanol–water partition coefficient (Wildman–Crippen LogP) is 4.15. The molecule has 1 amide bonds. The van der Waals surface area contributed by atoms with Crippen LogP contribution in [0.25, 0.3) is 10.2 Å². The van der Waals surface area contributed by atoms with Crippen molar-refractivity contribution in [2.75, 3.05) is 19.8 Å². The van der Waals surface area contributed by atoms with E-state index in [4.69, 9.17) is 9.47 Å². The minimum absolute atomic E-state index is 0.0272. The minimum Gasteiger partial charge on any atom is -0.492 e. The zero-order valence-corrected chi connectivity index (χ0v) is 16.5. The lowest BCUT2D eigenvalue weighted by Crippen LogP contribution is -2.23. The van der Waals surface area contributed by atoms with Gasteiger partial charge in [0, 0.05) is 19.1 Å². The average Bonchev–Trinajstić information content (AvgIpc) is 3.01. The van der Waals surface area contributed by atoms with Crippen molar-refractivity contribution in [3.05, 3.63) is 23.0 Å². The second-order valence-corrected chi connectivity index (χ2v) is 7.56. The molecule has 1 aromatic carbocycles. The van der Waals surface area contributed by atoms with E-state index in [9.17, 15) is 4.79 Å². The monoisotopic (exact) mass is 376 g/mol. The van der Waals surface area contributed by atoms with Gasteiger partial charge >= 0.3 is 0 Å². The maximum Gasteiger partial charge on any atom is 0.251 e. The standard InChI is InChI=1S/C20H28N2O3S/c1-3-24-14-13-22-18-16(25-4-2)11-8-12-17(18)26-20(22)21-19(23)15-9-6-5-7-10-15/h8,11-12,15H,3-7,9-10,13-14H2,1-2H3. The molecule has 0 spiro atoms. The van der Waals surface area contributed by atoms with Crippen molar-refractivity contribution in [1.29, 1.82) is 0 Å². The summed E-state index contributed by atoms with van der Waals surface area (Å²) < 4.78 is 14.5. The second kappa shape index (κ2) is 9.33. The lowest BCUT2D eigenvalue weighted by molar-refractivity contribution is -0.122. The van der Waals surface area contributed by atoms with Crippen molar-refractivity contribution in [3.63, 3.8) is 0 Å². The topological polar surface area (TPSA) is 52.8 Å². The summed E-state index contributed by atoms with van der Waals surface area (Å²) in [6, 6.07) is 6.02. The van der Waals surface area contributed by atoms with Gasteiger partial charge in [-0.05, 0) is 38.8 Å². The fraction of sp³-hybridized carbons (Fsp3) is 0.600. The quantitative estimate of drug-likeness (QED) is 0.682. The first-order chi connectivity index (χ1) is 12.7. The highest BCUT2D eigenvalue weighted by Crippen LogP contribution is 2.28. The summed E-state index contributed by atoms with van der Waals surface area (Å²) in [6.45, 7) is 6.50. The number of hydrogen-bond donors (Lipinski definition) is 0. The van der Waals surface area contributed by atoms with Gasteiger partial charge < -0.3 is 14.0 Å². The maximum absolute atomic E-state index is 12.7. The highest BCUT2D eigenvalue weighted by atomic mass is 32.1. The van der Waals surface area contributed by atoms with Gasteiger partial charge in [0.2, 0.25) is 0 Å². The first-order valence-corrected chi connectivity index (χ1v) is 10.5. The van der Waals surface area contributed by atoms with Crippen LogP contribution in [-0.2, 0) is 16.1 Å². The van der Waals surface area contributed by atoms with Gasteiger partial charge in [-0.1, -0.05) is 36.7 Å². The zero-order valence-electron chi connectivity index (χ0n) is 15.7. The zero-order chi connectivity index (χ0) is 18.4. The summed E-state index contributed by atoms with van der Waals surface area (Å²) in [7, 11) is 0. The normalized spacial score (nSPS) is 16.3. The van der Waals surface area contributed by atoms with E-state index in [1.54, 1.807) is 11.3 Å². The molecule has 1 saturated carbocycles. The number of aromatic nitrogens is 1. The molecule has 0 N–H and O–H groups in total. The molecule has 1 aliphatic carbocycles. The smallest absolute Gasteiger partial charge is 0.251 e. The Hall–Kier alpha value is -1.66. The molecule has 1 fully saturated rings. The number of nitrogens with zero attached hydrogens (tertiary/aromatic N) is 2. The van der Waals surface area contributed by atoms with Crippen LogP contribution in [0.4, 0.5) is 0 Å². The number of fused-ring (bicyclic) bond motifs is 1. The van der Waals surface area contributed by atoms with Crippen molar-refractivity contribution in [1.82, 2.24) is 4.57 Å². The molecule has 1 heterocycles. The summed E-state index contributed by atoms with van der Waals surface area (Å²) in [4.78, 5) is 18.0. The van der Waals surface area contributed by atoms with Gasteiger partial charge in [-0.3, -0.25) is 4.79 Å². The highest BCUT2D eigenvalue weighted by molar-refractivity contribution is 7.16. The largest absolute Gasteiger partial charge is 0.492 e. The molecule has 0 unspecified atom stereocenters. The van der Waals surface area contributed by atoms with Crippen LogP contribution in [-0.4, -0.2) is 30.3 Å². The fourth-order valence-electron chi connectivity index (χ4n) is 3.50. The third kappa shape index (κ3) is 4.35. The van der Waals surface area contributed by atoms with Gasteiger partial charge in [-0.15, -0.1) is 0 Å². The van der Waals surface area contributed by atoms with Crippen LogP contribution in [0.1, 0.15) is 46.0 Å². The molecule has 3 rings (SSSR count). The van der Waals surface area contributed by atoms with E-state index in [0.29, 0.717) is 26.4 Å². The number of ether oxygens (including phenoxy) is 2. The van der Waals surface area contributed by atoms with E-state index >= 15 is 0 Å². The Morgan fingerprint density at radius 3 is 2.77 bits per heavy atom. The first kappa shape index (κ1) is 19.1. The molecule has 1 aromatic heterocycles. The molecular weight excluding hydrogens is 348 g/mol. The van der Waals surface area contributed by atoms with Gasteiger partial charge in [-0.25, -0.2) is 0 Å². The fourth-order valence-corrected chi connectivity index (χ4v) is 4.58. The van der Waals surface area contributed by atoms with Crippen molar-refractivity contribution in [3.8, 4) is 5.75 Å². The number of rotatable bonds is 7. The van der Waals surface area contributed by atoms with Gasteiger partial charge in [-0.2, -0.15) is 4.99 Å².